The molecule has 0 aliphatic rings. The Kier molecular flexibility index (Phi) is 4.03. The summed E-state index contributed by atoms with van der Waals surface area (Å²) in [6.45, 7) is 7.51. The lowest BCUT2D eigenvalue weighted by Gasteiger charge is -2.07. The highest BCUT2D eigenvalue weighted by Crippen LogP contribution is 2.02. The van der Waals surface area contributed by atoms with Gasteiger partial charge < -0.3 is 5.32 Å². The zero-order valence-corrected chi connectivity index (χ0v) is 9.16. The molecule has 0 radical (unpaired) electrons. The van der Waals surface area contributed by atoms with Crippen molar-refractivity contribution in [2.75, 3.05) is 0 Å². The fourth-order valence-electron chi connectivity index (χ4n) is 1.20. The van der Waals surface area contributed by atoms with E-state index >= 15 is 0 Å². The molecule has 0 fully saturated rings. The molecule has 0 saturated carbocycles. The van der Waals surface area contributed by atoms with Crippen LogP contribution in [-0.2, 0) is 11.2 Å². The Bertz CT molecular complexity index is 341. The van der Waals surface area contributed by atoms with Crippen LogP contribution >= 0.6 is 0 Å². The molecule has 0 aliphatic carbocycles. The van der Waals surface area contributed by atoms with Gasteiger partial charge in [-0.05, 0) is 25.5 Å². The van der Waals surface area contributed by atoms with E-state index in [4.69, 9.17) is 0 Å². The van der Waals surface area contributed by atoms with Crippen LogP contribution in [0.5, 0.6) is 0 Å². The summed E-state index contributed by atoms with van der Waals surface area (Å²) in [7, 11) is 0. The normalized spacial score (nSPS) is 10.1. The lowest BCUT2D eigenvalue weighted by molar-refractivity contribution is -0.120. The highest BCUT2D eigenvalue weighted by atomic mass is 16.1. The van der Waals surface area contributed by atoms with E-state index in [1.165, 1.54) is 0 Å². The van der Waals surface area contributed by atoms with Gasteiger partial charge in [-0.1, -0.05) is 18.7 Å². The van der Waals surface area contributed by atoms with Crippen molar-refractivity contribution in [2.45, 2.75) is 26.3 Å². The molecule has 15 heavy (non-hydrogen) atoms. The second-order valence-corrected chi connectivity index (χ2v) is 3.69. The summed E-state index contributed by atoms with van der Waals surface area (Å²) in [5.41, 5.74) is 1.74. The molecule has 1 N–H and O–H groups in total. The van der Waals surface area contributed by atoms with Gasteiger partial charge in [-0.2, -0.15) is 0 Å². The van der Waals surface area contributed by atoms with Crippen LogP contribution in [0, 0.1) is 0 Å². The van der Waals surface area contributed by atoms with Crippen molar-refractivity contribution in [3.05, 3.63) is 36.2 Å². The van der Waals surface area contributed by atoms with Crippen molar-refractivity contribution < 1.29 is 4.79 Å². The molecule has 1 amide bonds. The van der Waals surface area contributed by atoms with Gasteiger partial charge in [0.25, 0.3) is 0 Å². The van der Waals surface area contributed by atoms with Crippen molar-refractivity contribution in [2.24, 2.45) is 0 Å². The summed E-state index contributed by atoms with van der Waals surface area (Å²) in [5, 5.41) is 2.82. The summed E-state index contributed by atoms with van der Waals surface area (Å²) >= 11 is 0. The SMILES string of the molecule is C=Cc1ccc(CC(=O)NC(C)C)nc1. The molecule has 3 nitrogen and oxygen atoms in total. The van der Waals surface area contributed by atoms with E-state index in [0.29, 0.717) is 6.42 Å². The number of hydrogen-bond donors (Lipinski definition) is 1. The summed E-state index contributed by atoms with van der Waals surface area (Å²) in [4.78, 5) is 15.6. The van der Waals surface area contributed by atoms with Crippen LogP contribution in [0.25, 0.3) is 6.08 Å². The maximum atomic E-state index is 11.4. The number of hydrogen-bond acceptors (Lipinski definition) is 2. The number of nitrogens with zero attached hydrogens (tertiary/aromatic N) is 1. The van der Waals surface area contributed by atoms with Crippen molar-refractivity contribution in [3.63, 3.8) is 0 Å². The molecule has 0 bridgehead atoms. The van der Waals surface area contributed by atoms with E-state index in [9.17, 15) is 4.79 Å². The molecule has 1 aromatic heterocycles. The quantitative estimate of drug-likeness (QED) is 0.812. The first-order chi connectivity index (χ1) is 7.11. The van der Waals surface area contributed by atoms with Gasteiger partial charge in [0.05, 0.1) is 6.42 Å². The molecule has 1 aromatic rings. The average Bonchev–Trinajstić information content (AvgIpc) is 2.17. The van der Waals surface area contributed by atoms with Gasteiger partial charge >= 0.3 is 0 Å². The molecule has 1 heterocycles. The van der Waals surface area contributed by atoms with Gasteiger partial charge in [-0.15, -0.1) is 0 Å². The number of pyridine rings is 1. The first-order valence-electron chi connectivity index (χ1n) is 4.98. The van der Waals surface area contributed by atoms with Crippen LogP contribution in [0.1, 0.15) is 25.1 Å². The Balaban J connectivity index is 2.57. The standard InChI is InChI=1S/C12H16N2O/c1-4-10-5-6-11(13-8-10)7-12(15)14-9(2)3/h4-6,8-9H,1,7H2,2-3H3,(H,14,15). The average molecular weight is 204 g/mol. The van der Waals surface area contributed by atoms with E-state index in [1.54, 1.807) is 12.3 Å². The Hall–Kier alpha value is -1.64. The largest absolute Gasteiger partial charge is 0.354 e. The predicted octanol–water partition coefficient (Wildman–Crippen LogP) is 1.79. The van der Waals surface area contributed by atoms with Gasteiger partial charge in [-0.3, -0.25) is 9.78 Å². The topological polar surface area (TPSA) is 42.0 Å². The van der Waals surface area contributed by atoms with E-state index in [1.807, 2.05) is 26.0 Å². The number of rotatable bonds is 4. The highest BCUT2D eigenvalue weighted by Gasteiger charge is 2.05. The number of aromatic nitrogens is 1. The highest BCUT2D eigenvalue weighted by molar-refractivity contribution is 5.78. The van der Waals surface area contributed by atoms with Crippen molar-refractivity contribution >= 4 is 12.0 Å². The summed E-state index contributed by atoms with van der Waals surface area (Å²) in [6, 6.07) is 3.92. The van der Waals surface area contributed by atoms with Crippen LogP contribution in [0.15, 0.2) is 24.9 Å². The molecular weight excluding hydrogens is 188 g/mol. The Morgan fingerprint density at radius 2 is 2.33 bits per heavy atom. The zero-order valence-electron chi connectivity index (χ0n) is 9.16. The smallest absolute Gasteiger partial charge is 0.226 e. The lowest BCUT2D eigenvalue weighted by atomic mass is 10.2. The molecule has 0 saturated heterocycles. The maximum Gasteiger partial charge on any atom is 0.226 e. The van der Waals surface area contributed by atoms with Crippen LogP contribution in [-0.4, -0.2) is 16.9 Å². The molecule has 1 rings (SSSR count). The van der Waals surface area contributed by atoms with Crippen molar-refractivity contribution in [3.8, 4) is 0 Å². The second-order valence-electron chi connectivity index (χ2n) is 3.69. The van der Waals surface area contributed by atoms with Crippen LogP contribution in [0.3, 0.4) is 0 Å². The number of carbonyl (C=O) groups is 1. The monoisotopic (exact) mass is 204 g/mol. The Labute approximate surface area is 90.2 Å². The summed E-state index contributed by atoms with van der Waals surface area (Å²) in [6.07, 6.45) is 3.77. The van der Waals surface area contributed by atoms with E-state index in [-0.39, 0.29) is 11.9 Å². The zero-order chi connectivity index (χ0) is 11.3. The fourth-order valence-corrected chi connectivity index (χ4v) is 1.20. The van der Waals surface area contributed by atoms with E-state index in [0.717, 1.165) is 11.3 Å². The third-order valence-electron chi connectivity index (χ3n) is 1.87. The first kappa shape index (κ1) is 11.4. The molecule has 80 valence electrons. The van der Waals surface area contributed by atoms with Crippen LogP contribution in [0.4, 0.5) is 0 Å². The van der Waals surface area contributed by atoms with E-state index < -0.39 is 0 Å². The minimum atomic E-state index is 0.00357. The summed E-state index contributed by atoms with van der Waals surface area (Å²) < 4.78 is 0. The number of amides is 1. The molecule has 0 aromatic carbocycles. The van der Waals surface area contributed by atoms with Gasteiger partial charge in [0.15, 0.2) is 0 Å². The van der Waals surface area contributed by atoms with Gasteiger partial charge in [0.1, 0.15) is 0 Å². The fraction of sp³-hybridized carbons (Fsp3) is 0.333. The third-order valence-corrected chi connectivity index (χ3v) is 1.87. The molecule has 0 aliphatic heterocycles. The molecule has 0 spiro atoms. The van der Waals surface area contributed by atoms with Gasteiger partial charge in [0, 0.05) is 17.9 Å². The second kappa shape index (κ2) is 5.29. The molecule has 0 atom stereocenters. The molecule has 3 heteroatoms. The summed E-state index contributed by atoms with van der Waals surface area (Å²) in [5.74, 6) is 0.00357. The minimum Gasteiger partial charge on any atom is -0.354 e. The number of nitrogens with one attached hydrogen (secondary N) is 1. The van der Waals surface area contributed by atoms with Crippen LogP contribution in [0.2, 0.25) is 0 Å². The number of carbonyl (C=O) groups excluding carboxylic acids is 1. The molecular formula is C12H16N2O. The Morgan fingerprint density at radius 3 is 2.80 bits per heavy atom. The lowest BCUT2D eigenvalue weighted by Crippen LogP contribution is -2.31. The van der Waals surface area contributed by atoms with Gasteiger partial charge in [0.2, 0.25) is 5.91 Å². The van der Waals surface area contributed by atoms with Gasteiger partial charge in [-0.25, -0.2) is 0 Å². The maximum absolute atomic E-state index is 11.4. The van der Waals surface area contributed by atoms with E-state index in [2.05, 4.69) is 16.9 Å². The van der Waals surface area contributed by atoms with Crippen LogP contribution < -0.4 is 5.32 Å². The third kappa shape index (κ3) is 3.94. The predicted molar refractivity (Wildman–Crippen MR) is 61.3 cm³/mol. The first-order valence-corrected chi connectivity index (χ1v) is 4.98. The molecule has 0 unspecified atom stereocenters. The van der Waals surface area contributed by atoms with Crippen molar-refractivity contribution in [1.29, 1.82) is 0 Å². The Morgan fingerprint density at radius 1 is 1.60 bits per heavy atom. The van der Waals surface area contributed by atoms with Crippen molar-refractivity contribution in [1.82, 2.24) is 10.3 Å². The minimum absolute atomic E-state index is 0.00357.